The summed E-state index contributed by atoms with van der Waals surface area (Å²) in [5, 5.41) is 15.7. The Hall–Kier alpha value is -2.51. The summed E-state index contributed by atoms with van der Waals surface area (Å²) in [4.78, 5) is 16.5. The van der Waals surface area contributed by atoms with Crippen molar-refractivity contribution in [1.82, 2.24) is 10.3 Å². The minimum Gasteiger partial charge on any atom is -0.508 e. The molecule has 3 rings (SSSR count). The molecule has 0 saturated heterocycles. The van der Waals surface area contributed by atoms with Crippen molar-refractivity contribution in [2.24, 2.45) is 0 Å². The van der Waals surface area contributed by atoms with Crippen LogP contribution in [-0.4, -0.2) is 21.1 Å². The highest BCUT2D eigenvalue weighted by Crippen LogP contribution is 2.28. The third kappa shape index (κ3) is 3.46. The molecular weight excluding hydrogens is 330 g/mol. The number of hydrogen-bond acceptors (Lipinski definition) is 5. The van der Waals surface area contributed by atoms with Gasteiger partial charge in [0.25, 0.3) is 5.91 Å². The molecule has 0 saturated carbocycles. The summed E-state index contributed by atoms with van der Waals surface area (Å²) >= 11 is 6.50. The number of aromatic hydroxyl groups is 1. The lowest BCUT2D eigenvalue weighted by Gasteiger charge is -2.08. The second-order valence-corrected chi connectivity index (χ2v) is 6.33. The second kappa shape index (κ2) is 6.31. The van der Waals surface area contributed by atoms with Crippen LogP contribution >= 0.6 is 23.6 Å². The number of fused-ring (bicyclic) bond motifs is 1. The van der Waals surface area contributed by atoms with Crippen molar-refractivity contribution in [3.05, 3.63) is 53.6 Å². The maximum atomic E-state index is 12.2. The number of hydrogen-bond donors (Lipinski definition) is 3. The van der Waals surface area contributed by atoms with Crippen molar-refractivity contribution in [2.75, 3.05) is 5.32 Å². The Bertz CT molecular complexity index is 905. The first-order valence-corrected chi connectivity index (χ1v) is 8.03. The van der Waals surface area contributed by atoms with E-state index in [1.807, 2.05) is 19.1 Å². The minimum absolute atomic E-state index is 0.182. The second-order valence-electron chi connectivity index (χ2n) is 4.89. The molecule has 0 bridgehead atoms. The summed E-state index contributed by atoms with van der Waals surface area (Å²) in [5.74, 6) is -0.0810. The van der Waals surface area contributed by atoms with Gasteiger partial charge in [0.1, 0.15) is 5.75 Å². The van der Waals surface area contributed by atoms with E-state index in [4.69, 9.17) is 12.2 Å². The molecule has 7 heteroatoms. The number of nitrogens with one attached hydrogen (secondary N) is 2. The molecule has 0 spiro atoms. The fourth-order valence-electron chi connectivity index (χ4n) is 2.09. The maximum Gasteiger partial charge on any atom is 0.257 e. The van der Waals surface area contributed by atoms with Crippen molar-refractivity contribution < 1.29 is 9.90 Å². The monoisotopic (exact) mass is 343 g/mol. The van der Waals surface area contributed by atoms with Crippen LogP contribution in [0.3, 0.4) is 0 Å². The fraction of sp³-hybridized carbons (Fsp3) is 0.0625. The van der Waals surface area contributed by atoms with Gasteiger partial charge < -0.3 is 10.4 Å². The molecule has 1 aromatic heterocycles. The van der Waals surface area contributed by atoms with Gasteiger partial charge in [-0.1, -0.05) is 29.5 Å². The van der Waals surface area contributed by atoms with Crippen LogP contribution in [0.1, 0.15) is 15.9 Å². The Morgan fingerprint density at radius 3 is 2.83 bits per heavy atom. The van der Waals surface area contributed by atoms with Crippen molar-refractivity contribution in [2.45, 2.75) is 6.92 Å². The maximum absolute atomic E-state index is 12.2. The van der Waals surface area contributed by atoms with Gasteiger partial charge in [-0.25, -0.2) is 4.98 Å². The van der Waals surface area contributed by atoms with Crippen molar-refractivity contribution in [3.8, 4) is 5.75 Å². The number of rotatable bonds is 2. The van der Waals surface area contributed by atoms with Crippen LogP contribution in [0.2, 0.25) is 0 Å². The smallest absolute Gasteiger partial charge is 0.257 e. The number of phenols is 1. The molecule has 116 valence electrons. The summed E-state index contributed by atoms with van der Waals surface area (Å²) in [6, 6.07) is 12.2. The van der Waals surface area contributed by atoms with E-state index in [1.54, 1.807) is 30.3 Å². The molecule has 1 heterocycles. The number of carbonyl (C=O) groups is 1. The Morgan fingerprint density at radius 1 is 1.26 bits per heavy atom. The van der Waals surface area contributed by atoms with Crippen LogP contribution in [0, 0.1) is 6.92 Å². The van der Waals surface area contributed by atoms with Crippen LogP contribution in [-0.2, 0) is 0 Å². The Kier molecular flexibility index (Phi) is 4.22. The van der Waals surface area contributed by atoms with Gasteiger partial charge in [0, 0.05) is 5.56 Å². The number of thiazole rings is 1. The van der Waals surface area contributed by atoms with E-state index < -0.39 is 0 Å². The number of amides is 1. The number of nitrogens with zero attached hydrogens (tertiary/aromatic N) is 1. The van der Waals surface area contributed by atoms with Gasteiger partial charge in [0.2, 0.25) is 0 Å². The highest BCUT2D eigenvalue weighted by atomic mass is 32.1. The van der Waals surface area contributed by atoms with Crippen LogP contribution in [0.5, 0.6) is 5.75 Å². The lowest BCUT2D eigenvalue weighted by atomic mass is 10.1. The van der Waals surface area contributed by atoms with E-state index in [0.29, 0.717) is 10.7 Å². The van der Waals surface area contributed by atoms with Crippen molar-refractivity contribution in [3.63, 3.8) is 0 Å². The zero-order chi connectivity index (χ0) is 16.4. The molecule has 0 aliphatic rings. The van der Waals surface area contributed by atoms with Gasteiger partial charge in [-0.2, -0.15) is 0 Å². The predicted octanol–water partition coefficient (Wildman–Crippen LogP) is 3.44. The normalized spacial score (nSPS) is 10.5. The molecule has 0 fully saturated rings. The van der Waals surface area contributed by atoms with Gasteiger partial charge in [-0.3, -0.25) is 10.1 Å². The number of benzene rings is 2. The van der Waals surface area contributed by atoms with E-state index in [-0.39, 0.29) is 16.8 Å². The molecule has 1 amide bonds. The highest BCUT2D eigenvalue weighted by molar-refractivity contribution is 7.80. The van der Waals surface area contributed by atoms with Crippen LogP contribution in [0.25, 0.3) is 10.2 Å². The molecule has 0 aliphatic heterocycles. The summed E-state index contributed by atoms with van der Waals surface area (Å²) in [5.41, 5.74) is 2.21. The molecule has 0 unspecified atom stereocenters. The van der Waals surface area contributed by atoms with Crippen LogP contribution in [0.15, 0.2) is 42.5 Å². The Balaban J connectivity index is 1.71. The summed E-state index contributed by atoms with van der Waals surface area (Å²) in [6.45, 7) is 1.87. The Morgan fingerprint density at radius 2 is 2.04 bits per heavy atom. The standard InChI is InChI=1S/C16H13N3O2S2/c1-9-4-2-3-5-11(9)14(21)18-15(22)19-16-17-12-7-6-10(20)8-13(12)23-16/h2-8,20H,1H3,(H2,17,18,19,21,22). The van der Waals surface area contributed by atoms with Crippen molar-refractivity contribution in [1.29, 1.82) is 0 Å². The first-order valence-electron chi connectivity index (χ1n) is 6.80. The number of aromatic nitrogens is 1. The molecule has 0 aliphatic carbocycles. The zero-order valence-electron chi connectivity index (χ0n) is 12.2. The summed E-state index contributed by atoms with van der Waals surface area (Å²) in [6.07, 6.45) is 0. The molecule has 3 N–H and O–H groups in total. The van der Waals surface area contributed by atoms with E-state index in [0.717, 1.165) is 15.8 Å². The van der Waals surface area contributed by atoms with Gasteiger partial charge in [-0.15, -0.1) is 0 Å². The lowest BCUT2D eigenvalue weighted by Crippen LogP contribution is -2.34. The number of phenolic OH excluding ortho intramolecular Hbond substituents is 1. The topological polar surface area (TPSA) is 74.2 Å². The largest absolute Gasteiger partial charge is 0.508 e. The lowest BCUT2D eigenvalue weighted by molar-refractivity contribution is 0.0977. The molecule has 0 radical (unpaired) electrons. The fourth-order valence-corrected chi connectivity index (χ4v) is 3.25. The first-order chi connectivity index (χ1) is 11.0. The highest BCUT2D eigenvalue weighted by Gasteiger charge is 2.11. The molecule has 2 aromatic carbocycles. The third-order valence-electron chi connectivity index (χ3n) is 3.21. The Labute approximate surface area is 142 Å². The van der Waals surface area contributed by atoms with Crippen LogP contribution in [0.4, 0.5) is 5.13 Å². The quantitative estimate of drug-likeness (QED) is 0.622. The molecule has 23 heavy (non-hydrogen) atoms. The number of thiocarbonyl (C=S) groups is 1. The van der Waals surface area contributed by atoms with E-state index in [2.05, 4.69) is 15.6 Å². The SMILES string of the molecule is Cc1ccccc1C(=O)NC(=S)Nc1nc2ccc(O)cc2s1. The number of aryl methyl sites for hydroxylation is 1. The van der Waals surface area contributed by atoms with E-state index in [1.165, 1.54) is 11.3 Å². The molecular formula is C16H13N3O2S2. The van der Waals surface area contributed by atoms with Crippen LogP contribution < -0.4 is 10.6 Å². The molecule has 3 aromatic rings. The number of carbonyl (C=O) groups excluding carboxylic acids is 1. The van der Waals surface area contributed by atoms with Gasteiger partial charge in [-0.05, 0) is 49.0 Å². The zero-order valence-corrected chi connectivity index (χ0v) is 13.8. The van der Waals surface area contributed by atoms with Gasteiger partial charge in [0.05, 0.1) is 10.2 Å². The molecule has 0 atom stereocenters. The average Bonchev–Trinajstić information content (AvgIpc) is 2.88. The van der Waals surface area contributed by atoms with E-state index in [9.17, 15) is 9.90 Å². The minimum atomic E-state index is -0.264. The average molecular weight is 343 g/mol. The first kappa shape index (κ1) is 15.4. The third-order valence-corrected chi connectivity index (χ3v) is 4.35. The van der Waals surface area contributed by atoms with Gasteiger partial charge >= 0.3 is 0 Å². The summed E-state index contributed by atoms with van der Waals surface area (Å²) < 4.78 is 0.834. The number of anilines is 1. The summed E-state index contributed by atoms with van der Waals surface area (Å²) in [7, 11) is 0. The van der Waals surface area contributed by atoms with E-state index >= 15 is 0 Å². The van der Waals surface area contributed by atoms with Gasteiger partial charge in [0.15, 0.2) is 10.2 Å². The molecule has 5 nitrogen and oxygen atoms in total. The van der Waals surface area contributed by atoms with Crippen molar-refractivity contribution >= 4 is 49.9 Å². The predicted molar refractivity (Wildman–Crippen MR) is 96.2 cm³/mol.